The van der Waals surface area contributed by atoms with Crippen molar-refractivity contribution in [2.24, 2.45) is 0 Å². The number of anilines is 1. The summed E-state index contributed by atoms with van der Waals surface area (Å²) in [5.74, 6) is -0.944. The highest BCUT2D eigenvalue weighted by atomic mass is 32.2. The standard InChI is InChI=1S/C29H34FN3O5S/c1-4-17-31-29(35)27(18-22-9-6-5-7-10-22)32(20-23-13-15-24(30)16-14-23)28(34)21-33(39(3,36)37)25-11-8-12-26(19-25)38-2/h5-16,19,27H,4,17-18,20-21H2,1-3H3,(H,31,35)/t27-/m0/s1. The fraction of sp³-hybridized carbons (Fsp3) is 0.310. The number of sulfonamides is 1. The van der Waals surface area contributed by atoms with E-state index in [0.29, 0.717) is 24.3 Å². The smallest absolute Gasteiger partial charge is 0.244 e. The Morgan fingerprint density at radius 1 is 0.974 bits per heavy atom. The highest BCUT2D eigenvalue weighted by molar-refractivity contribution is 7.92. The third-order valence-electron chi connectivity index (χ3n) is 6.11. The number of benzene rings is 3. The lowest BCUT2D eigenvalue weighted by Gasteiger charge is -2.33. The summed E-state index contributed by atoms with van der Waals surface area (Å²) >= 11 is 0. The molecule has 0 aromatic heterocycles. The van der Waals surface area contributed by atoms with Crippen molar-refractivity contribution in [2.45, 2.75) is 32.4 Å². The first-order valence-corrected chi connectivity index (χ1v) is 14.4. The molecular weight excluding hydrogens is 521 g/mol. The first-order chi connectivity index (χ1) is 18.6. The average Bonchev–Trinajstić information content (AvgIpc) is 2.93. The Labute approximate surface area is 229 Å². The molecule has 2 amide bonds. The number of nitrogens with one attached hydrogen (secondary N) is 1. The number of halogens is 1. The van der Waals surface area contributed by atoms with Gasteiger partial charge in [-0.25, -0.2) is 12.8 Å². The van der Waals surface area contributed by atoms with Gasteiger partial charge in [0.2, 0.25) is 21.8 Å². The van der Waals surface area contributed by atoms with Crippen LogP contribution in [0, 0.1) is 5.82 Å². The maximum absolute atomic E-state index is 13.9. The van der Waals surface area contributed by atoms with Crippen molar-refractivity contribution in [1.82, 2.24) is 10.2 Å². The Balaban J connectivity index is 2.04. The van der Waals surface area contributed by atoms with E-state index in [0.717, 1.165) is 16.1 Å². The van der Waals surface area contributed by atoms with Crippen LogP contribution in [-0.2, 0) is 32.6 Å². The zero-order valence-corrected chi connectivity index (χ0v) is 23.2. The van der Waals surface area contributed by atoms with Gasteiger partial charge in [-0.05, 0) is 41.8 Å². The van der Waals surface area contributed by atoms with Crippen LogP contribution in [0.4, 0.5) is 10.1 Å². The van der Waals surface area contributed by atoms with Crippen molar-refractivity contribution in [1.29, 1.82) is 0 Å². The van der Waals surface area contributed by atoms with Gasteiger partial charge in [0.15, 0.2) is 0 Å². The molecule has 0 spiro atoms. The average molecular weight is 556 g/mol. The van der Waals surface area contributed by atoms with Gasteiger partial charge in [0.25, 0.3) is 0 Å². The lowest BCUT2D eigenvalue weighted by Crippen LogP contribution is -2.53. The Kier molecular flexibility index (Phi) is 10.4. The van der Waals surface area contributed by atoms with E-state index in [1.54, 1.807) is 18.2 Å². The summed E-state index contributed by atoms with van der Waals surface area (Å²) in [4.78, 5) is 28.7. The summed E-state index contributed by atoms with van der Waals surface area (Å²) in [6.45, 7) is 1.78. The molecule has 39 heavy (non-hydrogen) atoms. The molecule has 1 atom stereocenters. The zero-order valence-electron chi connectivity index (χ0n) is 22.3. The molecule has 3 aromatic rings. The van der Waals surface area contributed by atoms with Gasteiger partial charge in [0.1, 0.15) is 24.2 Å². The number of carbonyl (C=O) groups is 2. The summed E-state index contributed by atoms with van der Waals surface area (Å²) in [5.41, 5.74) is 1.68. The molecule has 3 rings (SSSR count). The molecule has 0 fully saturated rings. The fourth-order valence-electron chi connectivity index (χ4n) is 4.09. The number of hydrogen-bond acceptors (Lipinski definition) is 5. The Morgan fingerprint density at radius 2 is 1.67 bits per heavy atom. The molecule has 0 saturated carbocycles. The normalized spacial score (nSPS) is 11.9. The molecule has 0 radical (unpaired) electrons. The maximum Gasteiger partial charge on any atom is 0.244 e. The molecule has 208 valence electrons. The molecular formula is C29H34FN3O5S. The van der Waals surface area contributed by atoms with Gasteiger partial charge in [0.05, 0.1) is 19.1 Å². The number of rotatable bonds is 13. The van der Waals surface area contributed by atoms with Gasteiger partial charge in [-0.3, -0.25) is 13.9 Å². The van der Waals surface area contributed by atoms with Crippen LogP contribution in [0.2, 0.25) is 0 Å². The molecule has 0 unspecified atom stereocenters. The predicted octanol–water partition coefficient (Wildman–Crippen LogP) is 3.77. The first kappa shape index (κ1) is 29.6. The van der Waals surface area contributed by atoms with Gasteiger partial charge in [-0.2, -0.15) is 0 Å². The molecule has 0 aliphatic heterocycles. The molecule has 0 heterocycles. The second kappa shape index (κ2) is 13.7. The summed E-state index contributed by atoms with van der Waals surface area (Å²) in [6, 6.07) is 20.3. The highest BCUT2D eigenvalue weighted by Crippen LogP contribution is 2.24. The van der Waals surface area contributed by atoms with Gasteiger partial charge < -0.3 is 15.0 Å². The minimum Gasteiger partial charge on any atom is -0.497 e. The fourth-order valence-corrected chi connectivity index (χ4v) is 4.93. The molecule has 8 nitrogen and oxygen atoms in total. The number of nitrogens with zero attached hydrogens (tertiary/aromatic N) is 2. The Morgan fingerprint density at radius 3 is 2.28 bits per heavy atom. The van der Waals surface area contributed by atoms with Crippen molar-refractivity contribution in [3.05, 3.63) is 95.8 Å². The van der Waals surface area contributed by atoms with Crippen molar-refractivity contribution in [2.75, 3.05) is 30.8 Å². The summed E-state index contributed by atoms with van der Waals surface area (Å²) in [6.07, 6.45) is 1.92. The number of amides is 2. The molecule has 0 aliphatic rings. The van der Waals surface area contributed by atoms with Crippen molar-refractivity contribution >= 4 is 27.5 Å². The maximum atomic E-state index is 13.9. The predicted molar refractivity (Wildman–Crippen MR) is 149 cm³/mol. The van der Waals surface area contributed by atoms with E-state index in [9.17, 15) is 22.4 Å². The number of carbonyl (C=O) groups excluding carboxylic acids is 2. The zero-order chi connectivity index (χ0) is 28.4. The minimum atomic E-state index is -3.89. The molecule has 3 aromatic carbocycles. The molecule has 0 aliphatic carbocycles. The lowest BCUT2D eigenvalue weighted by molar-refractivity contribution is -0.140. The second-order valence-electron chi connectivity index (χ2n) is 9.12. The van der Waals surface area contributed by atoms with Crippen LogP contribution >= 0.6 is 0 Å². The highest BCUT2D eigenvalue weighted by Gasteiger charge is 2.33. The SMILES string of the molecule is CCCNC(=O)[C@H](Cc1ccccc1)N(Cc1ccc(F)cc1)C(=O)CN(c1cccc(OC)c1)S(C)(=O)=O. The van der Waals surface area contributed by atoms with E-state index >= 15 is 0 Å². The Bertz CT molecular complexity index is 1350. The van der Waals surface area contributed by atoms with E-state index in [1.807, 2.05) is 37.3 Å². The third kappa shape index (κ3) is 8.54. The first-order valence-electron chi connectivity index (χ1n) is 12.6. The summed E-state index contributed by atoms with van der Waals surface area (Å²) in [5, 5.41) is 2.87. The van der Waals surface area contributed by atoms with Gasteiger partial charge in [-0.1, -0.05) is 55.5 Å². The Hall–Kier alpha value is -3.92. The summed E-state index contributed by atoms with van der Waals surface area (Å²) < 4.78 is 45.5. The quantitative estimate of drug-likeness (QED) is 0.347. The molecule has 10 heteroatoms. The van der Waals surface area contributed by atoms with Gasteiger partial charge in [0, 0.05) is 25.6 Å². The number of ether oxygens (including phenoxy) is 1. The van der Waals surface area contributed by atoms with E-state index < -0.39 is 34.3 Å². The van der Waals surface area contributed by atoms with Crippen LogP contribution in [0.3, 0.4) is 0 Å². The van der Waals surface area contributed by atoms with Crippen LogP contribution in [0.15, 0.2) is 78.9 Å². The lowest BCUT2D eigenvalue weighted by atomic mass is 10.0. The van der Waals surface area contributed by atoms with E-state index in [1.165, 1.54) is 42.3 Å². The second-order valence-corrected chi connectivity index (χ2v) is 11.0. The summed E-state index contributed by atoms with van der Waals surface area (Å²) in [7, 11) is -2.43. The van der Waals surface area contributed by atoms with Crippen LogP contribution < -0.4 is 14.4 Å². The molecule has 0 bridgehead atoms. The monoisotopic (exact) mass is 555 g/mol. The topological polar surface area (TPSA) is 96.0 Å². The largest absolute Gasteiger partial charge is 0.497 e. The van der Waals surface area contributed by atoms with E-state index in [-0.39, 0.29) is 24.6 Å². The van der Waals surface area contributed by atoms with Crippen LogP contribution in [0.5, 0.6) is 5.75 Å². The van der Waals surface area contributed by atoms with Crippen LogP contribution in [0.1, 0.15) is 24.5 Å². The number of methoxy groups -OCH3 is 1. The van der Waals surface area contributed by atoms with E-state index in [4.69, 9.17) is 4.74 Å². The van der Waals surface area contributed by atoms with Crippen LogP contribution in [-0.4, -0.2) is 57.6 Å². The minimum absolute atomic E-state index is 0.0220. The van der Waals surface area contributed by atoms with Crippen LogP contribution in [0.25, 0.3) is 0 Å². The van der Waals surface area contributed by atoms with Gasteiger partial charge in [-0.15, -0.1) is 0 Å². The van der Waals surface area contributed by atoms with Gasteiger partial charge >= 0.3 is 0 Å². The molecule has 0 saturated heterocycles. The third-order valence-corrected chi connectivity index (χ3v) is 7.25. The van der Waals surface area contributed by atoms with Crippen molar-refractivity contribution in [3.8, 4) is 5.75 Å². The number of hydrogen-bond donors (Lipinski definition) is 1. The van der Waals surface area contributed by atoms with Crippen molar-refractivity contribution in [3.63, 3.8) is 0 Å². The van der Waals surface area contributed by atoms with E-state index in [2.05, 4.69) is 5.32 Å². The molecule has 1 N–H and O–H groups in total. The van der Waals surface area contributed by atoms with Crippen molar-refractivity contribution < 1.29 is 27.1 Å².